The van der Waals surface area contributed by atoms with Crippen molar-refractivity contribution in [1.82, 2.24) is 0 Å². The average molecular weight is 183 g/mol. The van der Waals surface area contributed by atoms with Crippen LogP contribution in [0.1, 0.15) is 0 Å². The predicted octanol–water partition coefficient (Wildman–Crippen LogP) is 1.98. The van der Waals surface area contributed by atoms with E-state index in [0.29, 0.717) is 16.5 Å². The molecule has 0 fully saturated rings. The molecule has 12 heavy (non-hydrogen) atoms. The van der Waals surface area contributed by atoms with Crippen molar-refractivity contribution in [3.63, 3.8) is 0 Å². The lowest BCUT2D eigenvalue weighted by atomic mass is 10.3. The molecule has 0 bridgehead atoms. The lowest BCUT2D eigenvalue weighted by Crippen LogP contribution is -1.89. The van der Waals surface area contributed by atoms with Crippen LogP contribution in [-0.2, 0) is 0 Å². The van der Waals surface area contributed by atoms with Gasteiger partial charge in [0.2, 0.25) is 0 Å². The standard InChI is InChI=1S/C8H9ClO2.B/c1-10-7-4-3-6(9)5-8(7)11-2;/h3-5H,1-2H3;. The first kappa shape index (κ1) is 11.2. The van der Waals surface area contributed by atoms with Crippen LogP contribution in [0.4, 0.5) is 0 Å². The van der Waals surface area contributed by atoms with Crippen LogP contribution in [0.25, 0.3) is 0 Å². The molecule has 0 atom stereocenters. The molecular formula is C8H9BClO2. The number of hydrogen-bond acceptors (Lipinski definition) is 2. The third kappa shape index (κ3) is 2.34. The first-order valence-corrected chi connectivity index (χ1v) is 3.53. The van der Waals surface area contributed by atoms with Gasteiger partial charge in [-0.3, -0.25) is 0 Å². The molecule has 0 N–H and O–H groups in total. The number of ether oxygens (including phenoxy) is 2. The zero-order valence-corrected chi connectivity index (χ0v) is 7.76. The van der Waals surface area contributed by atoms with E-state index in [1.807, 2.05) is 0 Å². The first-order valence-electron chi connectivity index (χ1n) is 3.15. The van der Waals surface area contributed by atoms with Crippen molar-refractivity contribution < 1.29 is 9.47 Å². The summed E-state index contributed by atoms with van der Waals surface area (Å²) in [5, 5.41) is 0.641. The molecule has 0 aliphatic rings. The van der Waals surface area contributed by atoms with Gasteiger partial charge in [-0.05, 0) is 12.1 Å². The van der Waals surface area contributed by atoms with Crippen LogP contribution in [0, 0.1) is 0 Å². The zero-order chi connectivity index (χ0) is 8.27. The molecule has 63 valence electrons. The molecule has 0 saturated carbocycles. The van der Waals surface area contributed by atoms with Crippen molar-refractivity contribution in [2.45, 2.75) is 0 Å². The highest BCUT2D eigenvalue weighted by Gasteiger charge is 2.01. The smallest absolute Gasteiger partial charge is 0.162 e. The van der Waals surface area contributed by atoms with E-state index < -0.39 is 0 Å². The van der Waals surface area contributed by atoms with Gasteiger partial charge >= 0.3 is 0 Å². The summed E-state index contributed by atoms with van der Waals surface area (Å²) in [5.74, 6) is 1.34. The molecular weight excluding hydrogens is 174 g/mol. The third-order valence-corrected chi connectivity index (χ3v) is 1.58. The van der Waals surface area contributed by atoms with Crippen LogP contribution < -0.4 is 9.47 Å². The Morgan fingerprint density at radius 3 is 2.17 bits per heavy atom. The Morgan fingerprint density at radius 2 is 1.67 bits per heavy atom. The van der Waals surface area contributed by atoms with Crippen molar-refractivity contribution in [2.24, 2.45) is 0 Å². The normalized spacial score (nSPS) is 8.58. The summed E-state index contributed by atoms with van der Waals surface area (Å²) in [6.45, 7) is 0. The van der Waals surface area contributed by atoms with Gasteiger partial charge in [-0.2, -0.15) is 0 Å². The molecule has 1 rings (SSSR count). The largest absolute Gasteiger partial charge is 0.493 e. The second kappa shape index (κ2) is 4.93. The molecule has 2 nitrogen and oxygen atoms in total. The van der Waals surface area contributed by atoms with Crippen LogP contribution in [-0.4, -0.2) is 22.6 Å². The molecule has 0 saturated heterocycles. The first-order chi connectivity index (χ1) is 5.27. The lowest BCUT2D eigenvalue weighted by Gasteiger charge is -2.06. The molecule has 0 unspecified atom stereocenters. The molecule has 0 aliphatic heterocycles. The van der Waals surface area contributed by atoms with E-state index in [1.165, 1.54) is 0 Å². The molecule has 1 aromatic carbocycles. The molecule has 3 radical (unpaired) electrons. The van der Waals surface area contributed by atoms with E-state index in [2.05, 4.69) is 0 Å². The molecule has 0 heterocycles. The van der Waals surface area contributed by atoms with Crippen molar-refractivity contribution in [3.8, 4) is 11.5 Å². The van der Waals surface area contributed by atoms with Gasteiger partial charge in [0.05, 0.1) is 14.2 Å². The van der Waals surface area contributed by atoms with Gasteiger partial charge in [0.15, 0.2) is 11.5 Å². The average Bonchev–Trinajstić information content (AvgIpc) is 2.04. The van der Waals surface area contributed by atoms with Gasteiger partial charge in [-0.1, -0.05) is 11.6 Å². The van der Waals surface area contributed by atoms with E-state index in [1.54, 1.807) is 32.4 Å². The minimum absolute atomic E-state index is 0. The van der Waals surface area contributed by atoms with Gasteiger partial charge in [0.25, 0.3) is 0 Å². The van der Waals surface area contributed by atoms with Crippen LogP contribution in [0.15, 0.2) is 18.2 Å². The Balaban J connectivity index is 0.00000121. The Morgan fingerprint density at radius 1 is 1.08 bits per heavy atom. The van der Waals surface area contributed by atoms with Crippen LogP contribution in [0.2, 0.25) is 5.02 Å². The van der Waals surface area contributed by atoms with Crippen molar-refractivity contribution in [2.75, 3.05) is 14.2 Å². The Labute approximate surface area is 79.0 Å². The Hall–Kier alpha value is -0.825. The number of methoxy groups -OCH3 is 2. The summed E-state index contributed by atoms with van der Waals surface area (Å²) in [5.41, 5.74) is 0. The van der Waals surface area contributed by atoms with E-state index >= 15 is 0 Å². The number of rotatable bonds is 2. The maximum absolute atomic E-state index is 5.72. The summed E-state index contributed by atoms with van der Waals surface area (Å²) >= 11 is 5.72. The van der Waals surface area contributed by atoms with Crippen molar-refractivity contribution in [1.29, 1.82) is 0 Å². The van der Waals surface area contributed by atoms with Crippen molar-refractivity contribution >= 4 is 20.0 Å². The van der Waals surface area contributed by atoms with E-state index in [-0.39, 0.29) is 8.41 Å². The SMILES string of the molecule is COc1ccc(Cl)cc1OC.[B]. The van der Waals surface area contributed by atoms with Crippen LogP contribution >= 0.6 is 11.6 Å². The van der Waals surface area contributed by atoms with E-state index in [4.69, 9.17) is 21.1 Å². The highest BCUT2D eigenvalue weighted by Crippen LogP contribution is 2.29. The maximum Gasteiger partial charge on any atom is 0.162 e. The highest BCUT2D eigenvalue weighted by atomic mass is 35.5. The summed E-state index contributed by atoms with van der Waals surface area (Å²) in [6, 6.07) is 5.23. The minimum atomic E-state index is 0. The quantitative estimate of drug-likeness (QED) is 0.653. The molecule has 0 aromatic heterocycles. The summed E-state index contributed by atoms with van der Waals surface area (Å²) in [7, 11) is 3.17. The van der Waals surface area contributed by atoms with Gasteiger partial charge in [0, 0.05) is 19.5 Å². The molecule has 4 heteroatoms. The van der Waals surface area contributed by atoms with Crippen LogP contribution in [0.5, 0.6) is 11.5 Å². The number of halogens is 1. The van der Waals surface area contributed by atoms with E-state index in [9.17, 15) is 0 Å². The van der Waals surface area contributed by atoms with E-state index in [0.717, 1.165) is 0 Å². The molecule has 0 amide bonds. The minimum Gasteiger partial charge on any atom is -0.493 e. The van der Waals surface area contributed by atoms with Gasteiger partial charge < -0.3 is 9.47 Å². The van der Waals surface area contributed by atoms with Crippen molar-refractivity contribution in [3.05, 3.63) is 23.2 Å². The molecule has 0 aliphatic carbocycles. The fourth-order valence-corrected chi connectivity index (χ4v) is 0.972. The lowest BCUT2D eigenvalue weighted by molar-refractivity contribution is 0.355. The number of benzene rings is 1. The summed E-state index contributed by atoms with van der Waals surface area (Å²) in [6.07, 6.45) is 0. The summed E-state index contributed by atoms with van der Waals surface area (Å²) in [4.78, 5) is 0. The van der Waals surface area contributed by atoms with Crippen LogP contribution in [0.3, 0.4) is 0 Å². The zero-order valence-electron chi connectivity index (χ0n) is 7.00. The Kier molecular flexibility index (Phi) is 4.60. The molecule has 1 aromatic rings. The highest BCUT2D eigenvalue weighted by molar-refractivity contribution is 6.30. The fourth-order valence-electron chi connectivity index (χ4n) is 0.810. The second-order valence-corrected chi connectivity index (χ2v) is 2.44. The predicted molar refractivity (Wildman–Crippen MR) is 50.3 cm³/mol. The third-order valence-electron chi connectivity index (χ3n) is 1.35. The van der Waals surface area contributed by atoms with Gasteiger partial charge in [0.1, 0.15) is 0 Å². The number of hydrogen-bond donors (Lipinski definition) is 0. The monoisotopic (exact) mass is 183 g/mol. The molecule has 0 spiro atoms. The fraction of sp³-hybridized carbons (Fsp3) is 0.250. The maximum atomic E-state index is 5.72. The topological polar surface area (TPSA) is 18.5 Å². The van der Waals surface area contributed by atoms with Gasteiger partial charge in [-0.25, -0.2) is 0 Å². The summed E-state index contributed by atoms with van der Waals surface area (Å²) < 4.78 is 10.0. The Bertz CT molecular complexity index is 253. The van der Waals surface area contributed by atoms with Gasteiger partial charge in [-0.15, -0.1) is 0 Å². The second-order valence-electron chi connectivity index (χ2n) is 2.00.